The van der Waals surface area contributed by atoms with Gasteiger partial charge in [0.15, 0.2) is 0 Å². The quantitative estimate of drug-likeness (QED) is 0.848. The standard InChI is InChI=1S/C16H19NO3S/c1-11(2)15-10-13(6-9-16(15)18)17-21(19,20)14-7-4-12(3)5-8-14/h4-11,17-18H,1-3H3. The summed E-state index contributed by atoms with van der Waals surface area (Å²) in [5, 5.41) is 9.77. The molecule has 0 amide bonds. The number of aromatic hydroxyl groups is 1. The Bertz CT molecular complexity index is 735. The monoisotopic (exact) mass is 305 g/mol. The molecule has 0 aliphatic carbocycles. The van der Waals surface area contributed by atoms with Crippen LogP contribution in [0.3, 0.4) is 0 Å². The summed E-state index contributed by atoms with van der Waals surface area (Å²) in [5.74, 6) is 0.275. The van der Waals surface area contributed by atoms with Crippen LogP contribution >= 0.6 is 0 Å². The molecule has 0 heterocycles. The van der Waals surface area contributed by atoms with Gasteiger partial charge >= 0.3 is 0 Å². The summed E-state index contributed by atoms with van der Waals surface area (Å²) in [5.41, 5.74) is 2.15. The Kier molecular flexibility index (Phi) is 4.23. The Hall–Kier alpha value is -2.01. The molecule has 0 fully saturated rings. The fraction of sp³-hybridized carbons (Fsp3) is 0.250. The average molecular weight is 305 g/mol. The Morgan fingerprint density at radius 3 is 2.24 bits per heavy atom. The largest absolute Gasteiger partial charge is 0.508 e. The highest BCUT2D eigenvalue weighted by Gasteiger charge is 2.15. The minimum atomic E-state index is -3.62. The van der Waals surface area contributed by atoms with Gasteiger partial charge in [-0.25, -0.2) is 8.42 Å². The van der Waals surface area contributed by atoms with Gasteiger partial charge in [0.25, 0.3) is 10.0 Å². The zero-order valence-electron chi connectivity index (χ0n) is 12.3. The van der Waals surface area contributed by atoms with Crippen molar-refractivity contribution in [3.8, 4) is 5.75 Å². The van der Waals surface area contributed by atoms with Crippen LogP contribution in [0.5, 0.6) is 5.75 Å². The summed E-state index contributed by atoms with van der Waals surface area (Å²) in [6, 6.07) is 11.4. The third kappa shape index (κ3) is 3.55. The number of rotatable bonds is 4. The number of hydrogen-bond acceptors (Lipinski definition) is 3. The maximum absolute atomic E-state index is 12.3. The van der Waals surface area contributed by atoms with Crippen molar-refractivity contribution >= 4 is 15.7 Å². The molecule has 112 valence electrons. The third-order valence-electron chi connectivity index (χ3n) is 3.23. The predicted molar refractivity (Wildman–Crippen MR) is 84.2 cm³/mol. The maximum Gasteiger partial charge on any atom is 0.261 e. The predicted octanol–water partition coefficient (Wildman–Crippen LogP) is 3.62. The molecule has 2 aromatic carbocycles. The lowest BCUT2D eigenvalue weighted by molar-refractivity contribution is 0.465. The van der Waals surface area contributed by atoms with Gasteiger partial charge in [-0.05, 0) is 48.7 Å². The van der Waals surface area contributed by atoms with Crippen LogP contribution in [0, 0.1) is 6.92 Å². The number of nitrogens with one attached hydrogen (secondary N) is 1. The van der Waals surface area contributed by atoms with Crippen LogP contribution in [-0.4, -0.2) is 13.5 Å². The van der Waals surface area contributed by atoms with Crippen molar-refractivity contribution in [3.05, 3.63) is 53.6 Å². The highest BCUT2D eigenvalue weighted by atomic mass is 32.2. The van der Waals surface area contributed by atoms with Gasteiger partial charge < -0.3 is 5.11 Å². The minimum Gasteiger partial charge on any atom is -0.508 e. The van der Waals surface area contributed by atoms with Gasteiger partial charge in [0, 0.05) is 5.69 Å². The first-order chi connectivity index (χ1) is 9.79. The topological polar surface area (TPSA) is 66.4 Å². The molecule has 2 aromatic rings. The van der Waals surface area contributed by atoms with Crippen molar-refractivity contribution in [2.75, 3.05) is 4.72 Å². The molecule has 0 atom stereocenters. The molecule has 0 saturated carbocycles. The Labute approximate surface area is 125 Å². The molecule has 0 aliphatic heterocycles. The van der Waals surface area contributed by atoms with Crippen LogP contribution in [0.15, 0.2) is 47.4 Å². The zero-order chi connectivity index (χ0) is 15.6. The maximum atomic E-state index is 12.3. The summed E-state index contributed by atoms with van der Waals surface area (Å²) < 4.78 is 27.1. The van der Waals surface area contributed by atoms with E-state index in [0.717, 1.165) is 5.56 Å². The Balaban J connectivity index is 2.33. The SMILES string of the molecule is Cc1ccc(S(=O)(=O)Nc2ccc(O)c(C(C)C)c2)cc1. The summed E-state index contributed by atoms with van der Waals surface area (Å²) in [6.07, 6.45) is 0. The van der Waals surface area contributed by atoms with Crippen molar-refractivity contribution in [2.45, 2.75) is 31.6 Å². The molecule has 5 heteroatoms. The van der Waals surface area contributed by atoms with Crippen LogP contribution in [-0.2, 0) is 10.0 Å². The number of hydrogen-bond donors (Lipinski definition) is 2. The Morgan fingerprint density at radius 2 is 1.67 bits per heavy atom. The van der Waals surface area contributed by atoms with Gasteiger partial charge in [0.2, 0.25) is 0 Å². The fourth-order valence-electron chi connectivity index (χ4n) is 2.01. The summed E-state index contributed by atoms with van der Waals surface area (Å²) in [4.78, 5) is 0.215. The third-order valence-corrected chi connectivity index (χ3v) is 4.63. The summed E-state index contributed by atoms with van der Waals surface area (Å²) in [7, 11) is -3.62. The van der Waals surface area contributed by atoms with E-state index in [1.54, 1.807) is 36.4 Å². The second-order valence-corrected chi connectivity index (χ2v) is 7.03. The lowest BCUT2D eigenvalue weighted by Crippen LogP contribution is -2.13. The van der Waals surface area contributed by atoms with Crippen molar-refractivity contribution in [2.24, 2.45) is 0 Å². The van der Waals surface area contributed by atoms with Crippen LogP contribution in [0.2, 0.25) is 0 Å². The molecular formula is C16H19NO3S. The fourth-order valence-corrected chi connectivity index (χ4v) is 3.06. The van der Waals surface area contributed by atoms with Gasteiger partial charge in [0.05, 0.1) is 4.90 Å². The smallest absolute Gasteiger partial charge is 0.261 e. The van der Waals surface area contributed by atoms with E-state index in [4.69, 9.17) is 0 Å². The van der Waals surface area contributed by atoms with Crippen LogP contribution < -0.4 is 4.72 Å². The molecule has 21 heavy (non-hydrogen) atoms. The van der Waals surface area contributed by atoms with Gasteiger partial charge in [-0.2, -0.15) is 0 Å². The number of benzene rings is 2. The van der Waals surface area contributed by atoms with Crippen molar-refractivity contribution in [1.82, 2.24) is 0 Å². The summed E-state index contributed by atoms with van der Waals surface area (Å²) >= 11 is 0. The van der Waals surface area contributed by atoms with Gasteiger partial charge in [-0.3, -0.25) is 4.72 Å². The normalized spacial score (nSPS) is 11.6. The molecular weight excluding hydrogens is 286 g/mol. The van der Waals surface area contributed by atoms with E-state index < -0.39 is 10.0 Å². The molecule has 0 spiro atoms. The number of phenols is 1. The van der Waals surface area contributed by atoms with E-state index >= 15 is 0 Å². The van der Waals surface area contributed by atoms with Gasteiger partial charge in [-0.15, -0.1) is 0 Å². The molecule has 0 radical (unpaired) electrons. The van der Waals surface area contributed by atoms with Crippen LogP contribution in [0.25, 0.3) is 0 Å². The molecule has 0 aromatic heterocycles. The number of aryl methyl sites for hydroxylation is 1. The number of phenolic OH excluding ortho intramolecular Hbond substituents is 1. The van der Waals surface area contributed by atoms with Crippen molar-refractivity contribution in [1.29, 1.82) is 0 Å². The van der Waals surface area contributed by atoms with Gasteiger partial charge in [-0.1, -0.05) is 31.5 Å². The molecule has 4 nitrogen and oxygen atoms in total. The first kappa shape index (κ1) is 15.4. The zero-order valence-corrected chi connectivity index (χ0v) is 13.1. The minimum absolute atomic E-state index is 0.105. The highest BCUT2D eigenvalue weighted by molar-refractivity contribution is 7.92. The average Bonchev–Trinajstić information content (AvgIpc) is 2.41. The van der Waals surface area contributed by atoms with E-state index in [2.05, 4.69) is 4.72 Å². The number of sulfonamides is 1. The molecule has 0 bridgehead atoms. The van der Waals surface area contributed by atoms with E-state index in [9.17, 15) is 13.5 Å². The molecule has 0 unspecified atom stereocenters. The summed E-state index contributed by atoms with van der Waals surface area (Å²) in [6.45, 7) is 5.78. The van der Waals surface area contributed by atoms with E-state index in [1.165, 1.54) is 6.07 Å². The molecule has 0 aliphatic rings. The van der Waals surface area contributed by atoms with Gasteiger partial charge in [0.1, 0.15) is 5.75 Å². The van der Waals surface area contributed by atoms with Crippen LogP contribution in [0.4, 0.5) is 5.69 Å². The lowest BCUT2D eigenvalue weighted by atomic mass is 10.0. The molecule has 2 rings (SSSR count). The lowest BCUT2D eigenvalue weighted by Gasteiger charge is -2.13. The Morgan fingerprint density at radius 1 is 1.05 bits per heavy atom. The van der Waals surface area contributed by atoms with Crippen LogP contribution in [0.1, 0.15) is 30.9 Å². The second kappa shape index (κ2) is 5.77. The first-order valence-electron chi connectivity index (χ1n) is 6.72. The van der Waals surface area contributed by atoms with E-state index in [1.807, 2.05) is 20.8 Å². The van der Waals surface area contributed by atoms with E-state index in [0.29, 0.717) is 11.3 Å². The highest BCUT2D eigenvalue weighted by Crippen LogP contribution is 2.29. The first-order valence-corrected chi connectivity index (χ1v) is 8.20. The van der Waals surface area contributed by atoms with Crippen molar-refractivity contribution in [3.63, 3.8) is 0 Å². The molecule has 0 saturated heterocycles. The van der Waals surface area contributed by atoms with Crippen molar-refractivity contribution < 1.29 is 13.5 Å². The second-order valence-electron chi connectivity index (χ2n) is 5.35. The number of anilines is 1. The van der Waals surface area contributed by atoms with E-state index in [-0.39, 0.29) is 16.6 Å². The molecule has 2 N–H and O–H groups in total.